The number of hydrogen-bond donors (Lipinski definition) is 3. The van der Waals surface area contributed by atoms with Crippen LogP contribution in [0.1, 0.15) is 38.3 Å². The normalized spacial score (nSPS) is 14.5. The Morgan fingerprint density at radius 2 is 1.74 bits per heavy atom. The quantitative estimate of drug-likeness (QED) is 0.745. The second-order valence-corrected chi connectivity index (χ2v) is 6.84. The molecular weight excluding hydrogens is 340 g/mol. The zero-order chi connectivity index (χ0) is 19.2. The van der Waals surface area contributed by atoms with E-state index in [4.69, 9.17) is 0 Å². The smallest absolute Gasteiger partial charge is 0.319 e. The van der Waals surface area contributed by atoms with Gasteiger partial charge in [0.15, 0.2) is 0 Å². The Balaban J connectivity index is 1.65. The van der Waals surface area contributed by atoms with Crippen LogP contribution < -0.4 is 20.9 Å². The first-order valence-electron chi connectivity index (χ1n) is 9.32. The molecule has 6 heteroatoms. The van der Waals surface area contributed by atoms with Crippen LogP contribution in [0, 0.1) is 0 Å². The van der Waals surface area contributed by atoms with Crippen molar-refractivity contribution in [2.45, 2.75) is 32.7 Å². The molecule has 0 radical (unpaired) electrons. The average molecular weight is 366 g/mol. The molecule has 3 rings (SSSR count). The third-order valence-corrected chi connectivity index (χ3v) is 4.65. The van der Waals surface area contributed by atoms with Gasteiger partial charge in [-0.05, 0) is 49.6 Å². The highest BCUT2D eigenvalue weighted by Gasteiger charge is 2.17. The van der Waals surface area contributed by atoms with Crippen LogP contribution in [0.3, 0.4) is 0 Å². The molecule has 1 saturated heterocycles. The third kappa shape index (κ3) is 5.00. The van der Waals surface area contributed by atoms with E-state index in [2.05, 4.69) is 20.9 Å². The summed E-state index contributed by atoms with van der Waals surface area (Å²) in [7, 11) is 0. The van der Waals surface area contributed by atoms with Gasteiger partial charge < -0.3 is 20.9 Å². The van der Waals surface area contributed by atoms with Crippen LogP contribution in [0.4, 0.5) is 21.9 Å². The fourth-order valence-electron chi connectivity index (χ4n) is 3.34. The van der Waals surface area contributed by atoms with Gasteiger partial charge >= 0.3 is 6.03 Å². The Bertz CT molecular complexity index is 815. The van der Waals surface area contributed by atoms with Crippen LogP contribution in [-0.4, -0.2) is 25.0 Å². The Hall–Kier alpha value is -3.02. The molecule has 1 aliphatic heterocycles. The molecule has 27 heavy (non-hydrogen) atoms. The maximum atomic E-state index is 12.5. The molecule has 1 unspecified atom stereocenters. The zero-order valence-electron chi connectivity index (χ0n) is 15.8. The first-order valence-corrected chi connectivity index (χ1v) is 9.32. The van der Waals surface area contributed by atoms with Gasteiger partial charge in [0.05, 0.1) is 17.4 Å². The van der Waals surface area contributed by atoms with Crippen molar-refractivity contribution in [1.82, 2.24) is 5.32 Å². The SMILES string of the molecule is CC(=O)Nc1cccc(C(C)NC(=O)Nc2ccccc2N2CCCC2)c1. The Kier molecular flexibility index (Phi) is 5.96. The highest BCUT2D eigenvalue weighted by molar-refractivity contribution is 5.93. The van der Waals surface area contributed by atoms with E-state index >= 15 is 0 Å². The van der Waals surface area contributed by atoms with Crippen LogP contribution in [0.15, 0.2) is 48.5 Å². The first-order chi connectivity index (χ1) is 13.0. The van der Waals surface area contributed by atoms with Crippen LogP contribution in [0.5, 0.6) is 0 Å². The number of amides is 3. The van der Waals surface area contributed by atoms with E-state index < -0.39 is 0 Å². The number of hydrogen-bond acceptors (Lipinski definition) is 3. The second kappa shape index (κ2) is 8.58. The van der Waals surface area contributed by atoms with Crippen LogP contribution in [0.2, 0.25) is 0 Å². The minimum atomic E-state index is -0.251. The molecule has 2 aromatic rings. The molecule has 0 spiro atoms. The number of nitrogens with one attached hydrogen (secondary N) is 3. The summed E-state index contributed by atoms with van der Waals surface area (Å²) in [5.74, 6) is -0.121. The summed E-state index contributed by atoms with van der Waals surface area (Å²) in [6.45, 7) is 5.43. The van der Waals surface area contributed by atoms with E-state index in [9.17, 15) is 9.59 Å². The number of rotatable bonds is 5. The Labute approximate surface area is 159 Å². The van der Waals surface area contributed by atoms with Gasteiger partial charge in [-0.2, -0.15) is 0 Å². The average Bonchev–Trinajstić information content (AvgIpc) is 3.16. The van der Waals surface area contributed by atoms with Crippen molar-refractivity contribution in [1.29, 1.82) is 0 Å². The predicted molar refractivity (Wildman–Crippen MR) is 109 cm³/mol. The highest BCUT2D eigenvalue weighted by atomic mass is 16.2. The monoisotopic (exact) mass is 366 g/mol. The zero-order valence-corrected chi connectivity index (χ0v) is 15.8. The lowest BCUT2D eigenvalue weighted by Crippen LogP contribution is -2.32. The minimum absolute atomic E-state index is 0.121. The maximum absolute atomic E-state index is 12.5. The van der Waals surface area contributed by atoms with Crippen molar-refractivity contribution in [3.63, 3.8) is 0 Å². The molecule has 1 heterocycles. The summed E-state index contributed by atoms with van der Waals surface area (Å²) >= 11 is 0. The molecule has 6 nitrogen and oxygen atoms in total. The van der Waals surface area contributed by atoms with Gasteiger partial charge in [0, 0.05) is 25.7 Å². The molecular formula is C21H26N4O2. The summed E-state index contributed by atoms with van der Waals surface area (Å²) in [5, 5.41) is 8.69. The van der Waals surface area contributed by atoms with Crippen molar-refractivity contribution in [3.8, 4) is 0 Å². The van der Waals surface area contributed by atoms with Crippen molar-refractivity contribution >= 4 is 29.0 Å². The summed E-state index contributed by atoms with van der Waals surface area (Å²) < 4.78 is 0. The van der Waals surface area contributed by atoms with Gasteiger partial charge in [-0.3, -0.25) is 4.79 Å². The summed E-state index contributed by atoms with van der Waals surface area (Å²) in [5.41, 5.74) is 3.51. The van der Waals surface area contributed by atoms with Crippen LogP contribution >= 0.6 is 0 Å². The van der Waals surface area contributed by atoms with E-state index in [1.807, 2.05) is 55.5 Å². The number of carbonyl (C=O) groups is 2. The summed E-state index contributed by atoms with van der Waals surface area (Å²) in [4.78, 5) is 26.0. The lowest BCUT2D eigenvalue weighted by atomic mass is 10.1. The molecule has 142 valence electrons. The highest BCUT2D eigenvalue weighted by Crippen LogP contribution is 2.28. The van der Waals surface area contributed by atoms with E-state index in [0.717, 1.165) is 30.0 Å². The number of nitrogens with zero attached hydrogens (tertiary/aromatic N) is 1. The first kappa shape index (κ1) is 18.8. The van der Waals surface area contributed by atoms with Gasteiger partial charge in [-0.1, -0.05) is 24.3 Å². The molecule has 1 atom stereocenters. The van der Waals surface area contributed by atoms with Gasteiger partial charge in [0.1, 0.15) is 0 Å². The van der Waals surface area contributed by atoms with Gasteiger partial charge in [-0.15, -0.1) is 0 Å². The fourth-order valence-corrected chi connectivity index (χ4v) is 3.34. The van der Waals surface area contributed by atoms with Gasteiger partial charge in [-0.25, -0.2) is 4.79 Å². The molecule has 0 bridgehead atoms. The molecule has 1 aliphatic rings. The van der Waals surface area contributed by atoms with E-state index in [1.165, 1.54) is 19.8 Å². The van der Waals surface area contributed by atoms with Gasteiger partial charge in [0.25, 0.3) is 0 Å². The largest absolute Gasteiger partial charge is 0.370 e. The third-order valence-electron chi connectivity index (χ3n) is 4.65. The fraction of sp³-hybridized carbons (Fsp3) is 0.333. The molecule has 3 amide bonds. The van der Waals surface area contributed by atoms with E-state index in [-0.39, 0.29) is 18.0 Å². The van der Waals surface area contributed by atoms with E-state index in [0.29, 0.717) is 5.69 Å². The van der Waals surface area contributed by atoms with Crippen LogP contribution in [0.25, 0.3) is 0 Å². The molecule has 0 aromatic heterocycles. The van der Waals surface area contributed by atoms with Crippen molar-refractivity contribution in [3.05, 3.63) is 54.1 Å². The number of urea groups is 1. The lowest BCUT2D eigenvalue weighted by Gasteiger charge is -2.22. The molecule has 3 N–H and O–H groups in total. The van der Waals surface area contributed by atoms with Crippen LogP contribution in [-0.2, 0) is 4.79 Å². The topological polar surface area (TPSA) is 73.5 Å². The van der Waals surface area contributed by atoms with E-state index in [1.54, 1.807) is 0 Å². The summed E-state index contributed by atoms with van der Waals surface area (Å²) in [6, 6.07) is 14.9. The Morgan fingerprint density at radius 1 is 1.00 bits per heavy atom. The standard InChI is InChI=1S/C21H26N4O2/c1-15(17-8-7-9-18(14-17)23-16(2)26)22-21(27)24-19-10-3-4-11-20(19)25-12-5-6-13-25/h3-4,7-11,14-15H,5-6,12-13H2,1-2H3,(H,23,26)(H2,22,24,27). The minimum Gasteiger partial charge on any atom is -0.370 e. The number of anilines is 3. The van der Waals surface area contributed by atoms with Gasteiger partial charge in [0.2, 0.25) is 5.91 Å². The second-order valence-electron chi connectivity index (χ2n) is 6.84. The van der Waals surface area contributed by atoms with Crippen molar-refractivity contribution < 1.29 is 9.59 Å². The molecule has 0 saturated carbocycles. The molecule has 1 fully saturated rings. The number of benzene rings is 2. The predicted octanol–water partition coefficient (Wildman–Crippen LogP) is 4.13. The van der Waals surface area contributed by atoms with Crippen molar-refractivity contribution in [2.75, 3.05) is 28.6 Å². The Morgan fingerprint density at radius 3 is 2.48 bits per heavy atom. The summed E-state index contributed by atoms with van der Waals surface area (Å²) in [6.07, 6.45) is 2.37. The maximum Gasteiger partial charge on any atom is 0.319 e. The number of para-hydroxylation sites is 2. The lowest BCUT2D eigenvalue weighted by molar-refractivity contribution is -0.114. The molecule has 2 aromatic carbocycles. The van der Waals surface area contributed by atoms with Crippen molar-refractivity contribution in [2.24, 2.45) is 0 Å². The number of carbonyl (C=O) groups excluding carboxylic acids is 2. The molecule has 0 aliphatic carbocycles.